The first kappa shape index (κ1) is 17.7. The van der Waals surface area contributed by atoms with Crippen LogP contribution in [0.1, 0.15) is 41.8 Å². The van der Waals surface area contributed by atoms with Crippen LogP contribution < -0.4 is 4.74 Å². The number of ether oxygens (including phenoxy) is 1. The smallest absolute Gasteiger partial charge is 0.347 e. The Morgan fingerprint density at radius 1 is 1.15 bits per heavy atom. The summed E-state index contributed by atoms with van der Waals surface area (Å²) in [6, 6.07) is 11.8. The number of aryl methyl sites for hydroxylation is 1. The predicted molar refractivity (Wildman–Crippen MR) is 97.5 cm³/mol. The van der Waals surface area contributed by atoms with Gasteiger partial charge in [0.2, 0.25) is 0 Å². The van der Waals surface area contributed by atoms with E-state index in [1.165, 1.54) is 13.8 Å². The lowest BCUT2D eigenvalue weighted by Crippen LogP contribution is -2.37. The molecule has 0 radical (unpaired) electrons. The van der Waals surface area contributed by atoms with Gasteiger partial charge >= 0.3 is 5.97 Å². The fourth-order valence-corrected chi connectivity index (χ4v) is 2.91. The zero-order valence-corrected chi connectivity index (χ0v) is 14.7. The molecular weight excluding hydrogens is 332 g/mol. The minimum atomic E-state index is -1.34. The lowest BCUT2D eigenvalue weighted by atomic mass is 9.86. The molecule has 0 fully saturated rings. The van der Waals surface area contributed by atoms with Crippen molar-refractivity contribution < 1.29 is 24.5 Å². The van der Waals surface area contributed by atoms with Gasteiger partial charge in [-0.15, -0.1) is 0 Å². The number of fused-ring (bicyclic) bond motifs is 1. The van der Waals surface area contributed by atoms with Gasteiger partial charge < -0.3 is 14.9 Å². The maximum atomic E-state index is 12.7. The summed E-state index contributed by atoms with van der Waals surface area (Å²) in [5.41, 5.74) is 1.57. The molecule has 0 aromatic heterocycles. The molecular formula is C21H20O5. The number of benzene rings is 2. The molecule has 5 nitrogen and oxygen atoms in total. The number of phenols is 1. The van der Waals surface area contributed by atoms with E-state index in [-0.39, 0.29) is 11.5 Å². The molecule has 2 N–H and O–H groups in total. The summed E-state index contributed by atoms with van der Waals surface area (Å²) in [5, 5.41) is 18.7. The Morgan fingerprint density at radius 3 is 2.62 bits per heavy atom. The second-order valence-electron chi connectivity index (χ2n) is 6.83. The first-order chi connectivity index (χ1) is 12.3. The number of carbonyl (C=O) groups excluding carboxylic acids is 1. The number of carboxylic acids is 1. The number of allylic oxidation sites excluding steroid dienone is 1. The van der Waals surface area contributed by atoms with Crippen LogP contribution in [0.15, 0.2) is 48.0 Å². The van der Waals surface area contributed by atoms with Crippen molar-refractivity contribution in [2.45, 2.75) is 32.3 Å². The van der Waals surface area contributed by atoms with Crippen molar-refractivity contribution in [3.63, 3.8) is 0 Å². The first-order valence-electron chi connectivity index (χ1n) is 8.36. The van der Waals surface area contributed by atoms with E-state index in [0.717, 1.165) is 11.1 Å². The molecule has 26 heavy (non-hydrogen) atoms. The Morgan fingerprint density at radius 2 is 1.92 bits per heavy atom. The van der Waals surface area contributed by atoms with Crippen molar-refractivity contribution in [3.8, 4) is 11.5 Å². The molecule has 0 amide bonds. The minimum absolute atomic E-state index is 0.0568. The van der Waals surface area contributed by atoms with E-state index in [2.05, 4.69) is 0 Å². The first-order valence-corrected chi connectivity index (χ1v) is 8.36. The summed E-state index contributed by atoms with van der Waals surface area (Å²) < 4.78 is 5.55. The van der Waals surface area contributed by atoms with E-state index in [9.17, 15) is 19.8 Å². The second kappa shape index (κ2) is 6.67. The fraction of sp³-hybridized carbons (Fsp3) is 0.238. The summed E-state index contributed by atoms with van der Waals surface area (Å²) in [5.74, 6) is -0.517. The molecule has 0 unspecified atom stereocenters. The molecule has 0 bridgehead atoms. The number of carboxylic acid groups (broad SMARTS) is 1. The topological polar surface area (TPSA) is 83.8 Å². The van der Waals surface area contributed by atoms with Crippen LogP contribution in [-0.2, 0) is 11.2 Å². The molecule has 2 aromatic carbocycles. The van der Waals surface area contributed by atoms with Crippen molar-refractivity contribution in [2.75, 3.05) is 0 Å². The van der Waals surface area contributed by atoms with Crippen LogP contribution in [-0.4, -0.2) is 27.6 Å². The molecule has 2 aromatic rings. The van der Waals surface area contributed by atoms with Crippen molar-refractivity contribution >= 4 is 17.8 Å². The lowest BCUT2D eigenvalue weighted by molar-refractivity contribution is -0.152. The maximum absolute atomic E-state index is 12.7. The van der Waals surface area contributed by atoms with Gasteiger partial charge in [0.05, 0.1) is 0 Å². The van der Waals surface area contributed by atoms with Crippen molar-refractivity contribution in [1.29, 1.82) is 0 Å². The van der Waals surface area contributed by atoms with Gasteiger partial charge in [0.15, 0.2) is 11.4 Å². The van der Waals surface area contributed by atoms with Crippen LogP contribution in [0.4, 0.5) is 0 Å². The molecule has 5 heteroatoms. The molecule has 0 atom stereocenters. The number of phenolic OH excluding ortho intramolecular Hbond substituents is 1. The maximum Gasteiger partial charge on any atom is 0.347 e. The fourth-order valence-electron chi connectivity index (χ4n) is 2.91. The van der Waals surface area contributed by atoms with Gasteiger partial charge in [0, 0.05) is 11.1 Å². The van der Waals surface area contributed by atoms with Crippen LogP contribution in [0.25, 0.3) is 6.08 Å². The van der Waals surface area contributed by atoms with Gasteiger partial charge in [0.1, 0.15) is 11.5 Å². The largest absolute Gasteiger partial charge is 0.508 e. The molecule has 1 aliphatic rings. The molecule has 0 heterocycles. The van der Waals surface area contributed by atoms with Gasteiger partial charge in [-0.05, 0) is 74.2 Å². The molecule has 3 rings (SSSR count). The summed E-state index contributed by atoms with van der Waals surface area (Å²) in [6.07, 6.45) is 3.03. The lowest BCUT2D eigenvalue weighted by Gasteiger charge is -2.23. The Labute approximate surface area is 151 Å². The van der Waals surface area contributed by atoms with Crippen LogP contribution >= 0.6 is 0 Å². The number of rotatable bonds is 4. The number of Topliss-reactive ketones (excluding diaryl/α,β-unsaturated/α-hetero) is 1. The number of aromatic hydroxyl groups is 1. The van der Waals surface area contributed by atoms with Gasteiger partial charge in [-0.25, -0.2) is 4.79 Å². The van der Waals surface area contributed by atoms with E-state index in [0.29, 0.717) is 29.7 Å². The Kier molecular flexibility index (Phi) is 4.55. The average Bonchev–Trinajstić information content (AvgIpc) is 2.57. The molecule has 0 saturated heterocycles. The molecule has 0 aliphatic heterocycles. The van der Waals surface area contributed by atoms with Crippen LogP contribution in [0.2, 0.25) is 0 Å². The summed E-state index contributed by atoms with van der Waals surface area (Å²) >= 11 is 0. The standard InChI is InChI=1S/C21H20O5/c1-21(2,20(24)25)26-17-8-9-18-14(12-17)6-7-15(19(18)23)10-13-4-3-5-16(22)11-13/h3-5,8-12,22H,6-7H2,1-2H3,(H,24,25)/b15-10+. The average molecular weight is 352 g/mol. The van der Waals surface area contributed by atoms with E-state index in [1.54, 1.807) is 42.5 Å². The van der Waals surface area contributed by atoms with Gasteiger partial charge in [-0.2, -0.15) is 0 Å². The zero-order valence-electron chi connectivity index (χ0n) is 14.7. The summed E-state index contributed by atoms with van der Waals surface area (Å²) in [4.78, 5) is 23.9. The van der Waals surface area contributed by atoms with E-state index >= 15 is 0 Å². The number of hydrogen-bond donors (Lipinski definition) is 2. The number of hydrogen-bond acceptors (Lipinski definition) is 4. The van der Waals surface area contributed by atoms with Crippen molar-refractivity contribution in [3.05, 3.63) is 64.7 Å². The van der Waals surface area contributed by atoms with E-state index in [4.69, 9.17) is 4.74 Å². The number of aliphatic carboxylic acids is 1. The highest BCUT2D eigenvalue weighted by Crippen LogP contribution is 2.31. The van der Waals surface area contributed by atoms with Crippen molar-refractivity contribution in [1.82, 2.24) is 0 Å². The highest BCUT2D eigenvalue weighted by Gasteiger charge is 2.30. The number of carbonyl (C=O) groups is 2. The third kappa shape index (κ3) is 3.61. The van der Waals surface area contributed by atoms with Crippen molar-refractivity contribution in [2.24, 2.45) is 0 Å². The third-order valence-electron chi connectivity index (χ3n) is 4.38. The highest BCUT2D eigenvalue weighted by atomic mass is 16.5. The molecule has 1 aliphatic carbocycles. The Hall–Kier alpha value is -3.08. The van der Waals surface area contributed by atoms with E-state index < -0.39 is 11.6 Å². The minimum Gasteiger partial charge on any atom is -0.508 e. The van der Waals surface area contributed by atoms with Gasteiger partial charge in [-0.1, -0.05) is 12.1 Å². The predicted octanol–water partition coefficient (Wildman–Crippen LogP) is 3.85. The van der Waals surface area contributed by atoms with Crippen LogP contribution in [0.3, 0.4) is 0 Å². The third-order valence-corrected chi connectivity index (χ3v) is 4.38. The summed E-state index contributed by atoms with van der Waals surface area (Å²) in [6.45, 7) is 2.96. The highest BCUT2D eigenvalue weighted by molar-refractivity contribution is 6.13. The Bertz CT molecular complexity index is 908. The van der Waals surface area contributed by atoms with Gasteiger partial charge in [0.25, 0.3) is 0 Å². The summed E-state index contributed by atoms with van der Waals surface area (Å²) in [7, 11) is 0. The van der Waals surface area contributed by atoms with Crippen LogP contribution in [0.5, 0.6) is 11.5 Å². The quantitative estimate of drug-likeness (QED) is 0.817. The zero-order chi connectivity index (χ0) is 18.9. The molecule has 0 spiro atoms. The monoisotopic (exact) mass is 352 g/mol. The van der Waals surface area contributed by atoms with Gasteiger partial charge in [-0.3, -0.25) is 4.79 Å². The van der Waals surface area contributed by atoms with E-state index in [1.807, 2.05) is 6.07 Å². The Balaban J connectivity index is 1.86. The SMILES string of the molecule is CC(C)(Oc1ccc2c(c1)CC/C(=C\c1cccc(O)c1)C2=O)C(=O)O. The second-order valence-corrected chi connectivity index (χ2v) is 6.83. The van der Waals surface area contributed by atoms with Crippen LogP contribution in [0, 0.1) is 0 Å². The normalized spacial score (nSPS) is 15.6. The molecule has 0 saturated carbocycles. The number of ketones is 1. The molecule has 134 valence electrons.